The fraction of sp³-hybridized carbons (Fsp3) is 0.0833. The van der Waals surface area contributed by atoms with Crippen LogP contribution in [0.5, 0.6) is 5.75 Å². The van der Waals surface area contributed by atoms with Crippen LogP contribution in [-0.2, 0) is 6.61 Å². The Morgan fingerprint density at radius 2 is 2.19 bits per heavy atom. The van der Waals surface area contributed by atoms with Crippen molar-refractivity contribution in [3.05, 3.63) is 51.2 Å². The molecular formula is C12H9ClO2S. The molecule has 1 aromatic heterocycles. The van der Waals surface area contributed by atoms with Gasteiger partial charge in [0, 0.05) is 4.88 Å². The van der Waals surface area contributed by atoms with Crippen LogP contribution in [0.25, 0.3) is 0 Å². The molecular weight excluding hydrogens is 244 g/mol. The molecule has 0 atom stereocenters. The summed E-state index contributed by atoms with van der Waals surface area (Å²) in [5, 5.41) is 2.40. The van der Waals surface area contributed by atoms with Gasteiger partial charge in [0.15, 0.2) is 6.29 Å². The van der Waals surface area contributed by atoms with E-state index in [1.165, 1.54) is 0 Å². The van der Waals surface area contributed by atoms with Crippen molar-refractivity contribution in [2.24, 2.45) is 0 Å². The third-order valence-electron chi connectivity index (χ3n) is 2.08. The molecule has 4 heteroatoms. The molecule has 0 aliphatic heterocycles. The van der Waals surface area contributed by atoms with Gasteiger partial charge >= 0.3 is 0 Å². The largest absolute Gasteiger partial charge is 0.487 e. The minimum Gasteiger partial charge on any atom is -0.487 e. The summed E-state index contributed by atoms with van der Waals surface area (Å²) in [5.41, 5.74) is 0.403. The van der Waals surface area contributed by atoms with E-state index in [0.717, 1.165) is 4.88 Å². The topological polar surface area (TPSA) is 26.3 Å². The summed E-state index contributed by atoms with van der Waals surface area (Å²) >= 11 is 7.50. The Hall–Kier alpha value is -1.32. The number of rotatable bonds is 4. The summed E-state index contributed by atoms with van der Waals surface area (Å²) in [4.78, 5) is 12.0. The molecule has 0 saturated carbocycles. The van der Waals surface area contributed by atoms with Crippen LogP contribution < -0.4 is 4.74 Å². The van der Waals surface area contributed by atoms with E-state index < -0.39 is 0 Å². The molecule has 0 saturated heterocycles. The number of benzene rings is 1. The molecule has 16 heavy (non-hydrogen) atoms. The van der Waals surface area contributed by atoms with E-state index in [2.05, 4.69) is 0 Å². The summed E-state index contributed by atoms with van der Waals surface area (Å²) < 4.78 is 5.55. The van der Waals surface area contributed by atoms with Gasteiger partial charge in [-0.25, -0.2) is 0 Å². The third kappa shape index (κ3) is 2.43. The molecule has 0 spiro atoms. The van der Waals surface area contributed by atoms with Crippen LogP contribution in [0.1, 0.15) is 15.2 Å². The van der Waals surface area contributed by atoms with E-state index in [1.807, 2.05) is 17.5 Å². The summed E-state index contributed by atoms with van der Waals surface area (Å²) in [6, 6.07) is 9.11. The lowest BCUT2D eigenvalue weighted by Gasteiger charge is -2.07. The molecule has 0 amide bonds. The Kier molecular flexibility index (Phi) is 3.59. The average Bonchev–Trinajstić information content (AvgIpc) is 2.79. The van der Waals surface area contributed by atoms with Crippen molar-refractivity contribution < 1.29 is 9.53 Å². The number of ether oxygens (including phenoxy) is 1. The van der Waals surface area contributed by atoms with Gasteiger partial charge in [0.25, 0.3) is 0 Å². The number of thiophene rings is 1. The number of hydrogen-bond donors (Lipinski definition) is 0. The number of carbonyl (C=O) groups excluding carboxylic acids is 1. The molecule has 0 aliphatic rings. The van der Waals surface area contributed by atoms with Gasteiger partial charge in [-0.15, -0.1) is 11.3 Å². The molecule has 0 unspecified atom stereocenters. The maximum atomic E-state index is 10.8. The normalized spacial score (nSPS) is 10.1. The van der Waals surface area contributed by atoms with Gasteiger partial charge in [-0.1, -0.05) is 23.7 Å². The first-order chi connectivity index (χ1) is 7.81. The van der Waals surface area contributed by atoms with Crippen molar-refractivity contribution in [2.75, 3.05) is 0 Å². The summed E-state index contributed by atoms with van der Waals surface area (Å²) in [7, 11) is 0. The predicted molar refractivity (Wildman–Crippen MR) is 65.5 cm³/mol. The summed E-state index contributed by atoms with van der Waals surface area (Å²) in [6.45, 7) is 0.457. The molecule has 1 heterocycles. The number of carbonyl (C=O) groups is 1. The SMILES string of the molecule is O=Cc1c(Cl)cccc1OCc1cccs1. The minimum absolute atomic E-state index is 0.403. The lowest BCUT2D eigenvalue weighted by molar-refractivity contribution is 0.111. The second-order valence-electron chi connectivity index (χ2n) is 3.14. The van der Waals surface area contributed by atoms with E-state index in [-0.39, 0.29) is 0 Å². The van der Waals surface area contributed by atoms with Crippen molar-refractivity contribution in [2.45, 2.75) is 6.61 Å². The first-order valence-electron chi connectivity index (χ1n) is 4.70. The smallest absolute Gasteiger partial charge is 0.155 e. The van der Waals surface area contributed by atoms with Gasteiger partial charge in [-0.05, 0) is 23.6 Å². The fourth-order valence-corrected chi connectivity index (χ4v) is 2.13. The van der Waals surface area contributed by atoms with Crippen LogP contribution in [0.3, 0.4) is 0 Å². The maximum Gasteiger partial charge on any atom is 0.155 e. The van der Waals surface area contributed by atoms with E-state index in [1.54, 1.807) is 29.5 Å². The Bertz CT molecular complexity index is 480. The van der Waals surface area contributed by atoms with Gasteiger partial charge in [-0.3, -0.25) is 4.79 Å². The molecule has 2 nitrogen and oxygen atoms in total. The minimum atomic E-state index is 0.403. The molecule has 0 N–H and O–H groups in total. The Balaban J connectivity index is 2.15. The standard InChI is InChI=1S/C12H9ClO2S/c13-11-4-1-5-12(10(11)7-14)15-8-9-3-2-6-16-9/h1-7H,8H2. The molecule has 82 valence electrons. The third-order valence-corrected chi connectivity index (χ3v) is 3.26. The van der Waals surface area contributed by atoms with Crippen LogP contribution >= 0.6 is 22.9 Å². The van der Waals surface area contributed by atoms with Crippen LogP contribution in [0.2, 0.25) is 5.02 Å². The van der Waals surface area contributed by atoms with Crippen molar-refractivity contribution >= 4 is 29.2 Å². The molecule has 0 aliphatic carbocycles. The van der Waals surface area contributed by atoms with Crippen LogP contribution in [0.15, 0.2) is 35.7 Å². The van der Waals surface area contributed by atoms with Crippen LogP contribution in [0, 0.1) is 0 Å². The highest BCUT2D eigenvalue weighted by molar-refractivity contribution is 7.09. The molecule has 0 radical (unpaired) electrons. The molecule has 2 rings (SSSR count). The molecule has 0 fully saturated rings. The quantitative estimate of drug-likeness (QED) is 0.774. The first kappa shape index (κ1) is 11.2. The van der Waals surface area contributed by atoms with Crippen molar-refractivity contribution in [3.8, 4) is 5.75 Å². The lowest BCUT2D eigenvalue weighted by atomic mass is 10.2. The van der Waals surface area contributed by atoms with Gasteiger partial charge in [0.1, 0.15) is 12.4 Å². The zero-order chi connectivity index (χ0) is 11.4. The first-order valence-corrected chi connectivity index (χ1v) is 5.96. The highest BCUT2D eigenvalue weighted by Crippen LogP contribution is 2.25. The van der Waals surface area contributed by atoms with Crippen molar-refractivity contribution in [1.82, 2.24) is 0 Å². The zero-order valence-electron chi connectivity index (χ0n) is 8.35. The monoisotopic (exact) mass is 252 g/mol. The second-order valence-corrected chi connectivity index (χ2v) is 4.58. The molecule has 1 aromatic carbocycles. The zero-order valence-corrected chi connectivity index (χ0v) is 9.92. The highest BCUT2D eigenvalue weighted by atomic mass is 35.5. The fourth-order valence-electron chi connectivity index (χ4n) is 1.30. The number of hydrogen-bond acceptors (Lipinski definition) is 3. The van der Waals surface area contributed by atoms with E-state index in [9.17, 15) is 4.79 Å². The highest BCUT2D eigenvalue weighted by Gasteiger charge is 2.07. The van der Waals surface area contributed by atoms with E-state index in [4.69, 9.17) is 16.3 Å². The second kappa shape index (κ2) is 5.14. The van der Waals surface area contributed by atoms with Crippen molar-refractivity contribution in [3.63, 3.8) is 0 Å². The number of aldehydes is 1. The van der Waals surface area contributed by atoms with Crippen LogP contribution in [0.4, 0.5) is 0 Å². The predicted octanol–water partition coefficient (Wildman–Crippen LogP) is 3.79. The molecule has 2 aromatic rings. The van der Waals surface area contributed by atoms with Gasteiger partial charge in [0.05, 0.1) is 10.6 Å². The Morgan fingerprint density at radius 3 is 2.88 bits per heavy atom. The van der Waals surface area contributed by atoms with Gasteiger partial charge in [-0.2, -0.15) is 0 Å². The maximum absolute atomic E-state index is 10.8. The van der Waals surface area contributed by atoms with Gasteiger partial charge < -0.3 is 4.74 Å². The Labute approximate surface area is 102 Å². The van der Waals surface area contributed by atoms with Crippen molar-refractivity contribution in [1.29, 1.82) is 0 Å². The summed E-state index contributed by atoms with van der Waals surface area (Å²) in [6.07, 6.45) is 0.714. The van der Waals surface area contributed by atoms with E-state index >= 15 is 0 Å². The Morgan fingerprint density at radius 1 is 1.31 bits per heavy atom. The average molecular weight is 253 g/mol. The van der Waals surface area contributed by atoms with E-state index in [0.29, 0.717) is 29.2 Å². The lowest BCUT2D eigenvalue weighted by Crippen LogP contribution is -1.96. The van der Waals surface area contributed by atoms with Crippen LogP contribution in [-0.4, -0.2) is 6.29 Å². The molecule has 0 bridgehead atoms. The summed E-state index contributed by atoms with van der Waals surface area (Å²) in [5.74, 6) is 0.524. The van der Waals surface area contributed by atoms with Gasteiger partial charge in [0.2, 0.25) is 0 Å². The number of halogens is 1.